The first kappa shape index (κ1) is 13.1. The molecule has 0 amide bonds. The number of nitrogens with zero attached hydrogens (tertiary/aromatic N) is 1. The molecule has 19 heavy (non-hydrogen) atoms. The fourth-order valence-corrected chi connectivity index (χ4v) is 1.84. The average molecular weight is 257 g/mol. The van der Waals surface area contributed by atoms with Crippen molar-refractivity contribution >= 4 is 5.97 Å². The van der Waals surface area contributed by atoms with Crippen molar-refractivity contribution in [3.8, 4) is 16.9 Å². The van der Waals surface area contributed by atoms with Gasteiger partial charge in [-0.1, -0.05) is 24.3 Å². The molecule has 0 aliphatic heterocycles. The first-order valence-corrected chi connectivity index (χ1v) is 6.04. The summed E-state index contributed by atoms with van der Waals surface area (Å²) in [7, 11) is 0. The Kier molecular flexibility index (Phi) is 3.80. The number of para-hydroxylation sites is 1. The molecule has 1 heterocycles. The Labute approximate surface area is 111 Å². The molecule has 98 valence electrons. The lowest BCUT2D eigenvalue weighted by atomic mass is 10.0. The number of benzene rings is 1. The summed E-state index contributed by atoms with van der Waals surface area (Å²) < 4.78 is 5.71. The molecule has 2 aromatic rings. The number of rotatable bonds is 4. The molecule has 4 heteroatoms. The van der Waals surface area contributed by atoms with Crippen molar-refractivity contribution in [2.45, 2.75) is 20.0 Å². The SMILES string of the molecule is CC(C)Oc1ccccc1-c1cccnc1C(=O)O. The largest absolute Gasteiger partial charge is 0.490 e. The van der Waals surface area contributed by atoms with Crippen LogP contribution in [0.3, 0.4) is 0 Å². The van der Waals surface area contributed by atoms with E-state index >= 15 is 0 Å². The molecular weight excluding hydrogens is 242 g/mol. The summed E-state index contributed by atoms with van der Waals surface area (Å²) >= 11 is 0. The molecule has 0 unspecified atom stereocenters. The van der Waals surface area contributed by atoms with E-state index < -0.39 is 5.97 Å². The molecule has 0 atom stereocenters. The standard InChI is InChI=1S/C15H15NO3/c1-10(2)19-13-8-4-3-6-11(13)12-7-5-9-16-14(12)15(17)18/h3-10H,1-2H3,(H,17,18). The molecule has 0 saturated carbocycles. The highest BCUT2D eigenvalue weighted by Crippen LogP contribution is 2.32. The summed E-state index contributed by atoms with van der Waals surface area (Å²) in [4.78, 5) is 15.1. The van der Waals surface area contributed by atoms with E-state index in [1.807, 2.05) is 38.1 Å². The van der Waals surface area contributed by atoms with Gasteiger partial charge < -0.3 is 9.84 Å². The summed E-state index contributed by atoms with van der Waals surface area (Å²) in [6, 6.07) is 10.8. The van der Waals surface area contributed by atoms with Crippen molar-refractivity contribution in [2.75, 3.05) is 0 Å². The second kappa shape index (κ2) is 5.52. The second-order valence-electron chi connectivity index (χ2n) is 4.37. The fraction of sp³-hybridized carbons (Fsp3) is 0.200. The van der Waals surface area contributed by atoms with Gasteiger partial charge in [-0.15, -0.1) is 0 Å². The molecule has 1 aromatic heterocycles. The third-order valence-corrected chi connectivity index (χ3v) is 2.55. The number of aromatic carboxylic acids is 1. The second-order valence-corrected chi connectivity index (χ2v) is 4.37. The van der Waals surface area contributed by atoms with Gasteiger partial charge in [0.1, 0.15) is 5.75 Å². The topological polar surface area (TPSA) is 59.4 Å². The number of pyridine rings is 1. The van der Waals surface area contributed by atoms with E-state index in [1.54, 1.807) is 12.1 Å². The van der Waals surface area contributed by atoms with E-state index in [2.05, 4.69) is 4.98 Å². The molecule has 0 bridgehead atoms. The van der Waals surface area contributed by atoms with Crippen molar-refractivity contribution in [1.29, 1.82) is 0 Å². The van der Waals surface area contributed by atoms with Gasteiger partial charge in [-0.3, -0.25) is 0 Å². The number of carboxylic acids is 1. The third-order valence-electron chi connectivity index (χ3n) is 2.55. The zero-order chi connectivity index (χ0) is 13.8. The Balaban J connectivity index is 2.56. The van der Waals surface area contributed by atoms with Crippen LogP contribution in [0, 0.1) is 0 Å². The molecule has 0 spiro atoms. The van der Waals surface area contributed by atoms with E-state index in [0.717, 1.165) is 5.56 Å². The number of carbonyl (C=O) groups is 1. The van der Waals surface area contributed by atoms with Gasteiger partial charge in [0.2, 0.25) is 0 Å². The van der Waals surface area contributed by atoms with Gasteiger partial charge in [-0.25, -0.2) is 9.78 Å². The third kappa shape index (κ3) is 2.91. The number of aromatic nitrogens is 1. The van der Waals surface area contributed by atoms with Gasteiger partial charge >= 0.3 is 5.97 Å². The van der Waals surface area contributed by atoms with Gasteiger partial charge in [-0.2, -0.15) is 0 Å². The van der Waals surface area contributed by atoms with Crippen molar-refractivity contribution in [3.63, 3.8) is 0 Å². The van der Waals surface area contributed by atoms with E-state index in [9.17, 15) is 9.90 Å². The molecule has 2 rings (SSSR count). The first-order valence-electron chi connectivity index (χ1n) is 6.04. The fourth-order valence-electron chi connectivity index (χ4n) is 1.84. The van der Waals surface area contributed by atoms with Crippen LogP contribution in [0.25, 0.3) is 11.1 Å². The highest BCUT2D eigenvalue weighted by atomic mass is 16.5. The van der Waals surface area contributed by atoms with Crippen molar-refractivity contribution in [3.05, 3.63) is 48.3 Å². The van der Waals surface area contributed by atoms with Crippen LogP contribution < -0.4 is 4.74 Å². The highest BCUT2D eigenvalue weighted by Gasteiger charge is 2.16. The lowest BCUT2D eigenvalue weighted by Gasteiger charge is -2.15. The predicted octanol–water partition coefficient (Wildman–Crippen LogP) is 3.23. The van der Waals surface area contributed by atoms with Gasteiger partial charge in [-0.05, 0) is 26.0 Å². The summed E-state index contributed by atoms with van der Waals surface area (Å²) in [5.74, 6) is -0.386. The molecule has 0 fully saturated rings. The Morgan fingerprint density at radius 3 is 2.53 bits per heavy atom. The van der Waals surface area contributed by atoms with Crippen LogP contribution in [0.15, 0.2) is 42.6 Å². The molecule has 0 aliphatic carbocycles. The van der Waals surface area contributed by atoms with E-state index in [0.29, 0.717) is 11.3 Å². The first-order chi connectivity index (χ1) is 9.09. The van der Waals surface area contributed by atoms with Gasteiger partial charge in [0, 0.05) is 17.3 Å². The summed E-state index contributed by atoms with van der Waals surface area (Å²) in [6.45, 7) is 3.86. The van der Waals surface area contributed by atoms with Crippen LogP contribution in [0.1, 0.15) is 24.3 Å². The minimum absolute atomic E-state index is 0.0195. The lowest BCUT2D eigenvalue weighted by Crippen LogP contribution is -2.08. The lowest BCUT2D eigenvalue weighted by molar-refractivity contribution is 0.0691. The van der Waals surface area contributed by atoms with Crippen molar-refractivity contribution in [1.82, 2.24) is 4.98 Å². The summed E-state index contributed by atoms with van der Waals surface area (Å²) in [5.41, 5.74) is 1.33. The minimum Gasteiger partial charge on any atom is -0.490 e. The number of carboxylic acid groups (broad SMARTS) is 1. The summed E-state index contributed by atoms with van der Waals surface area (Å²) in [5, 5.41) is 9.20. The normalized spacial score (nSPS) is 10.5. The number of hydrogen-bond donors (Lipinski definition) is 1. The van der Waals surface area contributed by atoms with Crippen LogP contribution in [-0.2, 0) is 0 Å². The minimum atomic E-state index is -1.05. The molecule has 1 aromatic carbocycles. The quantitative estimate of drug-likeness (QED) is 0.913. The van der Waals surface area contributed by atoms with Gasteiger partial charge in [0.15, 0.2) is 5.69 Å². The monoisotopic (exact) mass is 257 g/mol. The Morgan fingerprint density at radius 2 is 1.84 bits per heavy atom. The number of ether oxygens (including phenoxy) is 1. The number of hydrogen-bond acceptors (Lipinski definition) is 3. The molecular formula is C15H15NO3. The zero-order valence-electron chi connectivity index (χ0n) is 10.8. The van der Waals surface area contributed by atoms with Crippen LogP contribution in [0.2, 0.25) is 0 Å². The Bertz CT molecular complexity index is 593. The van der Waals surface area contributed by atoms with E-state index in [-0.39, 0.29) is 11.8 Å². The van der Waals surface area contributed by atoms with Crippen molar-refractivity contribution in [2.24, 2.45) is 0 Å². The maximum Gasteiger partial charge on any atom is 0.355 e. The van der Waals surface area contributed by atoms with Crippen LogP contribution in [0.5, 0.6) is 5.75 Å². The maximum atomic E-state index is 11.2. The predicted molar refractivity (Wildman–Crippen MR) is 72.4 cm³/mol. The van der Waals surface area contributed by atoms with E-state index in [4.69, 9.17) is 4.74 Å². The molecule has 0 saturated heterocycles. The zero-order valence-corrected chi connectivity index (χ0v) is 10.8. The van der Waals surface area contributed by atoms with Crippen LogP contribution >= 0.6 is 0 Å². The van der Waals surface area contributed by atoms with Crippen molar-refractivity contribution < 1.29 is 14.6 Å². The highest BCUT2D eigenvalue weighted by molar-refractivity contribution is 5.94. The smallest absolute Gasteiger partial charge is 0.355 e. The van der Waals surface area contributed by atoms with Gasteiger partial charge in [0.05, 0.1) is 6.10 Å². The maximum absolute atomic E-state index is 11.2. The molecule has 0 radical (unpaired) electrons. The van der Waals surface area contributed by atoms with E-state index in [1.165, 1.54) is 6.20 Å². The van der Waals surface area contributed by atoms with Gasteiger partial charge in [0.25, 0.3) is 0 Å². The van der Waals surface area contributed by atoms with Crippen LogP contribution in [0.4, 0.5) is 0 Å². The molecule has 4 nitrogen and oxygen atoms in total. The Hall–Kier alpha value is -2.36. The molecule has 1 N–H and O–H groups in total. The van der Waals surface area contributed by atoms with Crippen LogP contribution in [-0.4, -0.2) is 22.2 Å². The Morgan fingerprint density at radius 1 is 1.16 bits per heavy atom. The summed E-state index contributed by atoms with van der Waals surface area (Å²) in [6.07, 6.45) is 1.49. The average Bonchev–Trinajstić information content (AvgIpc) is 2.38. The molecule has 0 aliphatic rings.